The Morgan fingerprint density at radius 3 is 2.45 bits per heavy atom. The highest BCUT2D eigenvalue weighted by atomic mass is 32.2. The number of aromatic nitrogens is 2. The van der Waals surface area contributed by atoms with Crippen LogP contribution in [0.2, 0.25) is 0 Å². The number of hydrazine groups is 1. The van der Waals surface area contributed by atoms with E-state index in [4.69, 9.17) is 9.47 Å². The Morgan fingerprint density at radius 1 is 1.13 bits per heavy atom. The van der Waals surface area contributed by atoms with Crippen LogP contribution in [-0.2, 0) is 16.0 Å². The normalized spacial score (nSPS) is 24.0. The molecular formula is C33H47FN7O5S-. The monoisotopic (exact) mass is 672 g/mol. The number of carbonyl (C=O) groups excluding carboxylic acids is 1. The minimum Gasteiger partial charge on any atom is -0.759 e. The van der Waals surface area contributed by atoms with Crippen molar-refractivity contribution in [1.29, 1.82) is 0 Å². The van der Waals surface area contributed by atoms with Gasteiger partial charge in [-0.15, -0.1) is 0 Å². The molecule has 0 N–H and O–H groups in total. The van der Waals surface area contributed by atoms with Gasteiger partial charge in [-0.05, 0) is 91.1 Å². The molecule has 1 amide bonds. The van der Waals surface area contributed by atoms with Gasteiger partial charge >= 0.3 is 0 Å². The quantitative estimate of drug-likeness (QED) is 0.326. The van der Waals surface area contributed by atoms with Gasteiger partial charge in [-0.2, -0.15) is 4.41 Å². The van der Waals surface area contributed by atoms with Crippen LogP contribution in [0.25, 0.3) is 0 Å². The standard InChI is InChI=1S/C33H48FN7O5S/c1-23(2)40(24(3)4)32(42)28-16-25(34)6-9-29(28)46-30-17-35-22-36-31(30)38-20-33(21-38)10-14-37(15-11-33)18-27-8-7-26(19-45-27)41(47(43)44)39-12-5-13-39/h6,9,16-17,22-24,26-27H,5,7-8,10-15,18-21H2,1-4H3,(H,43,44)/p-1/t26-,27+/m1/s1. The van der Waals surface area contributed by atoms with Crippen LogP contribution in [-0.4, -0.2) is 121 Å². The Morgan fingerprint density at radius 2 is 1.85 bits per heavy atom. The van der Waals surface area contributed by atoms with E-state index in [0.717, 1.165) is 77.9 Å². The third-order valence-corrected chi connectivity index (χ3v) is 10.9. The van der Waals surface area contributed by atoms with Crippen molar-refractivity contribution in [2.75, 3.05) is 57.3 Å². The number of likely N-dealkylation sites (tertiary alicyclic amines) is 1. The highest BCUT2D eigenvalue weighted by Crippen LogP contribution is 2.45. The minimum atomic E-state index is -2.27. The van der Waals surface area contributed by atoms with Crippen LogP contribution >= 0.6 is 0 Å². The molecule has 0 saturated carbocycles. The number of ether oxygens (including phenoxy) is 2. The molecule has 6 rings (SSSR count). The van der Waals surface area contributed by atoms with E-state index >= 15 is 0 Å². The fraction of sp³-hybridized carbons (Fsp3) is 0.667. The molecule has 4 aliphatic heterocycles. The molecule has 0 aliphatic carbocycles. The fourth-order valence-electron chi connectivity index (χ4n) is 7.48. The molecule has 12 nitrogen and oxygen atoms in total. The van der Waals surface area contributed by atoms with Crippen LogP contribution < -0.4 is 9.64 Å². The molecular weight excluding hydrogens is 625 g/mol. The number of benzene rings is 1. The van der Waals surface area contributed by atoms with Crippen LogP contribution in [0.15, 0.2) is 30.7 Å². The van der Waals surface area contributed by atoms with Gasteiger partial charge in [0.1, 0.15) is 17.9 Å². The number of carbonyl (C=O) groups is 1. The smallest absolute Gasteiger partial charge is 0.258 e. The first-order valence-corrected chi connectivity index (χ1v) is 17.9. The second-order valence-electron chi connectivity index (χ2n) is 14.0. The molecule has 5 heterocycles. The molecule has 1 spiro atoms. The summed E-state index contributed by atoms with van der Waals surface area (Å²) in [5.74, 6) is 0.578. The summed E-state index contributed by atoms with van der Waals surface area (Å²) in [6.45, 7) is 14.3. The highest BCUT2D eigenvalue weighted by Gasteiger charge is 2.46. The molecule has 4 aliphatic rings. The van der Waals surface area contributed by atoms with E-state index in [9.17, 15) is 17.9 Å². The van der Waals surface area contributed by atoms with Crippen molar-refractivity contribution >= 4 is 23.0 Å². The highest BCUT2D eigenvalue weighted by molar-refractivity contribution is 7.76. The van der Waals surface area contributed by atoms with E-state index in [1.165, 1.54) is 28.9 Å². The molecule has 1 aromatic carbocycles. The lowest BCUT2D eigenvalue weighted by Crippen LogP contribution is -2.61. The lowest BCUT2D eigenvalue weighted by Gasteiger charge is -2.54. The Bertz CT molecular complexity index is 1410. The molecule has 258 valence electrons. The Hall–Kier alpha value is -2.75. The molecule has 4 saturated heterocycles. The summed E-state index contributed by atoms with van der Waals surface area (Å²) >= 11 is -2.27. The first-order valence-electron chi connectivity index (χ1n) is 16.9. The maximum Gasteiger partial charge on any atom is 0.258 e. The van der Waals surface area contributed by atoms with Gasteiger partial charge in [0.05, 0.1) is 30.5 Å². The van der Waals surface area contributed by atoms with Crippen molar-refractivity contribution in [1.82, 2.24) is 29.2 Å². The molecule has 14 heteroatoms. The van der Waals surface area contributed by atoms with Gasteiger partial charge in [-0.25, -0.2) is 19.4 Å². The average Bonchev–Trinajstić information content (AvgIpc) is 2.99. The molecule has 4 fully saturated rings. The van der Waals surface area contributed by atoms with Gasteiger partial charge < -0.3 is 28.7 Å². The van der Waals surface area contributed by atoms with Crippen LogP contribution in [0, 0.1) is 11.2 Å². The molecule has 47 heavy (non-hydrogen) atoms. The second kappa shape index (κ2) is 14.4. The van der Waals surface area contributed by atoms with Crippen molar-refractivity contribution in [3.05, 3.63) is 42.1 Å². The van der Waals surface area contributed by atoms with E-state index in [1.54, 1.807) is 11.1 Å². The zero-order valence-corrected chi connectivity index (χ0v) is 28.7. The number of piperidine rings is 1. The third-order valence-electron chi connectivity index (χ3n) is 10.1. The van der Waals surface area contributed by atoms with Crippen LogP contribution in [0.4, 0.5) is 10.2 Å². The average molecular weight is 673 g/mol. The van der Waals surface area contributed by atoms with Gasteiger partial charge in [-0.1, -0.05) is 0 Å². The Labute approximate surface area is 279 Å². The van der Waals surface area contributed by atoms with E-state index in [2.05, 4.69) is 19.8 Å². The summed E-state index contributed by atoms with van der Waals surface area (Å²) in [6, 6.07) is 3.78. The van der Waals surface area contributed by atoms with Crippen LogP contribution in [0.5, 0.6) is 11.5 Å². The Balaban J connectivity index is 1.03. The maximum absolute atomic E-state index is 14.4. The molecule has 0 radical (unpaired) electrons. The topological polar surface area (TPSA) is 118 Å². The van der Waals surface area contributed by atoms with Crippen LogP contribution in [0.3, 0.4) is 0 Å². The van der Waals surface area contributed by atoms with Gasteiger partial charge in [0.15, 0.2) is 11.6 Å². The summed E-state index contributed by atoms with van der Waals surface area (Å²) in [6.07, 6.45) is 8.04. The van der Waals surface area contributed by atoms with Gasteiger partial charge in [0.2, 0.25) is 0 Å². The van der Waals surface area contributed by atoms with E-state index in [-0.39, 0.29) is 46.9 Å². The van der Waals surface area contributed by atoms with Crippen molar-refractivity contribution < 1.29 is 27.4 Å². The molecule has 1 unspecified atom stereocenters. The van der Waals surface area contributed by atoms with E-state index < -0.39 is 17.1 Å². The molecule has 1 aromatic heterocycles. The number of halogens is 1. The first-order chi connectivity index (χ1) is 22.5. The third kappa shape index (κ3) is 7.47. The lowest BCUT2D eigenvalue weighted by molar-refractivity contribution is -0.0998. The summed E-state index contributed by atoms with van der Waals surface area (Å²) in [4.78, 5) is 28.7. The van der Waals surface area contributed by atoms with Crippen molar-refractivity contribution in [3.63, 3.8) is 0 Å². The maximum atomic E-state index is 14.4. The summed E-state index contributed by atoms with van der Waals surface area (Å²) in [5.41, 5.74) is 0.361. The summed E-state index contributed by atoms with van der Waals surface area (Å²) < 4.78 is 52.0. The van der Waals surface area contributed by atoms with Crippen molar-refractivity contribution in [3.8, 4) is 11.5 Å². The zero-order chi connectivity index (χ0) is 33.3. The fourth-order valence-corrected chi connectivity index (χ4v) is 8.24. The van der Waals surface area contributed by atoms with Gasteiger partial charge in [0.25, 0.3) is 5.91 Å². The number of rotatable bonds is 11. The Kier molecular flexibility index (Phi) is 10.4. The number of anilines is 1. The predicted molar refractivity (Wildman–Crippen MR) is 175 cm³/mol. The first kappa shape index (κ1) is 34.1. The SMILES string of the molecule is CC(C)N(C(=O)c1cc(F)ccc1Oc1cncnc1N1CC2(CCN(C[C@@H]3CC[C@@H](N(N4CCC4)S(=O)[O-])CO3)CC2)C1)C(C)C. The molecule has 3 atom stereocenters. The van der Waals surface area contributed by atoms with E-state index in [1.807, 2.05) is 32.7 Å². The van der Waals surface area contributed by atoms with Gasteiger partial charge in [-0.3, -0.25) is 9.00 Å². The number of hydrogen-bond acceptors (Lipinski definition) is 10. The number of amides is 1. The van der Waals surface area contributed by atoms with Gasteiger partial charge in [0, 0.05) is 61.5 Å². The summed E-state index contributed by atoms with van der Waals surface area (Å²) in [5, 5.41) is 1.90. The van der Waals surface area contributed by atoms with E-state index in [0.29, 0.717) is 18.2 Å². The largest absolute Gasteiger partial charge is 0.759 e. The van der Waals surface area contributed by atoms with Crippen molar-refractivity contribution in [2.45, 2.75) is 84.0 Å². The number of hydrogen-bond donors (Lipinski definition) is 0. The van der Waals surface area contributed by atoms with Crippen LogP contribution in [0.1, 0.15) is 70.2 Å². The zero-order valence-electron chi connectivity index (χ0n) is 27.8. The second-order valence-corrected chi connectivity index (χ2v) is 14.8. The molecule has 2 aromatic rings. The summed E-state index contributed by atoms with van der Waals surface area (Å²) in [7, 11) is 0. The van der Waals surface area contributed by atoms with Crippen molar-refractivity contribution in [2.24, 2.45) is 5.41 Å². The molecule has 0 bridgehead atoms. The lowest BCUT2D eigenvalue weighted by atomic mass is 9.72. The predicted octanol–water partition coefficient (Wildman–Crippen LogP) is 3.83. The minimum absolute atomic E-state index is 0.0657. The number of nitrogens with zero attached hydrogens (tertiary/aromatic N) is 7.